The number of rotatable bonds is 4. The van der Waals surface area contributed by atoms with Crippen molar-refractivity contribution in [2.24, 2.45) is 0 Å². The molecule has 0 radical (unpaired) electrons. The number of aromatic nitrogens is 3. The molecule has 1 fully saturated rings. The minimum Gasteiger partial charge on any atom is -0.327 e. The van der Waals surface area contributed by atoms with Gasteiger partial charge in [0.05, 0.1) is 18.3 Å². The minimum atomic E-state index is -0.159. The van der Waals surface area contributed by atoms with E-state index < -0.39 is 0 Å². The van der Waals surface area contributed by atoms with E-state index in [1.54, 1.807) is 6.20 Å². The first-order valence-corrected chi connectivity index (χ1v) is 9.32. The van der Waals surface area contributed by atoms with E-state index in [1.165, 1.54) is 0 Å². The summed E-state index contributed by atoms with van der Waals surface area (Å²) in [5.41, 5.74) is 2.16. The van der Waals surface area contributed by atoms with Crippen LogP contribution in [0.1, 0.15) is 36.1 Å². The Morgan fingerprint density at radius 3 is 2.07 bits per heavy atom. The molecule has 2 amide bonds. The van der Waals surface area contributed by atoms with Gasteiger partial charge in [0, 0.05) is 19.3 Å². The summed E-state index contributed by atoms with van der Waals surface area (Å²) in [6.07, 6.45) is 5.36. The van der Waals surface area contributed by atoms with Crippen molar-refractivity contribution < 1.29 is 4.79 Å². The average molecular weight is 361 g/mol. The quantitative estimate of drug-likeness (QED) is 0.774. The fraction of sp³-hybridized carbons (Fsp3) is 0.286. The van der Waals surface area contributed by atoms with Crippen molar-refractivity contribution in [3.05, 3.63) is 84.2 Å². The number of carbonyl (C=O) groups excluding carboxylic acids is 1. The summed E-state index contributed by atoms with van der Waals surface area (Å²) in [5, 5.41) is 11.2. The minimum absolute atomic E-state index is 0.0234. The van der Waals surface area contributed by atoms with Gasteiger partial charge in [-0.2, -0.15) is 0 Å². The molecule has 1 aromatic heterocycles. The molecular formula is C21H23N5O. The highest BCUT2D eigenvalue weighted by atomic mass is 16.2. The number of carbonyl (C=O) groups is 1. The molecule has 0 atom stereocenters. The monoisotopic (exact) mass is 361 g/mol. The fourth-order valence-corrected chi connectivity index (χ4v) is 3.61. The van der Waals surface area contributed by atoms with E-state index in [4.69, 9.17) is 0 Å². The van der Waals surface area contributed by atoms with Gasteiger partial charge in [-0.15, -0.1) is 5.10 Å². The Kier molecular flexibility index (Phi) is 5.14. The number of hydrogen-bond acceptors (Lipinski definition) is 3. The Morgan fingerprint density at radius 2 is 1.56 bits per heavy atom. The van der Waals surface area contributed by atoms with Crippen LogP contribution < -0.4 is 5.32 Å². The highest BCUT2D eigenvalue weighted by molar-refractivity contribution is 5.75. The van der Waals surface area contributed by atoms with Crippen molar-refractivity contribution in [1.82, 2.24) is 25.2 Å². The van der Waals surface area contributed by atoms with Crippen molar-refractivity contribution >= 4 is 6.03 Å². The molecule has 27 heavy (non-hydrogen) atoms. The fourth-order valence-electron chi connectivity index (χ4n) is 3.61. The first-order valence-electron chi connectivity index (χ1n) is 9.32. The Balaban J connectivity index is 1.45. The molecule has 6 nitrogen and oxygen atoms in total. The summed E-state index contributed by atoms with van der Waals surface area (Å²) in [6, 6.07) is 20.3. The third-order valence-corrected chi connectivity index (χ3v) is 5.10. The molecule has 0 spiro atoms. The van der Waals surface area contributed by atoms with Crippen LogP contribution in [-0.4, -0.2) is 39.0 Å². The zero-order chi connectivity index (χ0) is 18.5. The standard InChI is InChI=1S/C21H23N5O/c27-21(25-14-11-19(12-15-25)26-16-13-22-24-26)23-20(17-7-3-1-4-8-17)18-9-5-2-6-10-18/h1-10,13,16,19-20H,11-12,14-15H2,(H,23,27). The highest BCUT2D eigenvalue weighted by Gasteiger charge is 2.26. The lowest BCUT2D eigenvalue weighted by molar-refractivity contribution is 0.166. The Labute approximate surface area is 158 Å². The van der Waals surface area contributed by atoms with Crippen molar-refractivity contribution in [2.75, 3.05) is 13.1 Å². The average Bonchev–Trinajstić information content (AvgIpc) is 3.28. The number of hydrogen-bond donors (Lipinski definition) is 1. The number of nitrogens with one attached hydrogen (secondary N) is 1. The summed E-state index contributed by atoms with van der Waals surface area (Å²) in [5.74, 6) is 0. The van der Waals surface area contributed by atoms with E-state index in [1.807, 2.05) is 52.2 Å². The number of amides is 2. The van der Waals surface area contributed by atoms with Crippen LogP contribution >= 0.6 is 0 Å². The van der Waals surface area contributed by atoms with E-state index in [-0.39, 0.29) is 12.1 Å². The second-order valence-electron chi connectivity index (χ2n) is 6.81. The van der Waals surface area contributed by atoms with Crippen LogP contribution in [0.4, 0.5) is 4.79 Å². The molecule has 1 N–H and O–H groups in total. The van der Waals surface area contributed by atoms with Gasteiger partial charge in [0.1, 0.15) is 0 Å². The van der Waals surface area contributed by atoms with Gasteiger partial charge in [-0.25, -0.2) is 9.48 Å². The number of likely N-dealkylation sites (tertiary alicyclic amines) is 1. The molecular weight excluding hydrogens is 338 g/mol. The summed E-state index contributed by atoms with van der Waals surface area (Å²) in [7, 11) is 0. The molecule has 1 saturated heterocycles. The van der Waals surface area contributed by atoms with Gasteiger partial charge in [-0.3, -0.25) is 0 Å². The molecule has 6 heteroatoms. The van der Waals surface area contributed by atoms with Crippen LogP contribution in [-0.2, 0) is 0 Å². The van der Waals surface area contributed by atoms with Crippen LogP contribution in [0.3, 0.4) is 0 Å². The third-order valence-electron chi connectivity index (χ3n) is 5.10. The van der Waals surface area contributed by atoms with Gasteiger partial charge in [-0.1, -0.05) is 65.9 Å². The Hall–Kier alpha value is -3.15. The number of piperidine rings is 1. The summed E-state index contributed by atoms with van der Waals surface area (Å²) in [6.45, 7) is 1.43. The smallest absolute Gasteiger partial charge is 0.318 e. The van der Waals surface area contributed by atoms with E-state index in [0.717, 1.165) is 24.0 Å². The van der Waals surface area contributed by atoms with Crippen LogP contribution in [0.5, 0.6) is 0 Å². The molecule has 3 aromatic rings. The summed E-state index contributed by atoms with van der Waals surface area (Å²) >= 11 is 0. The predicted octanol–water partition coefficient (Wildman–Crippen LogP) is 3.41. The lowest BCUT2D eigenvalue weighted by atomic mass is 9.99. The molecule has 0 saturated carbocycles. The van der Waals surface area contributed by atoms with E-state index in [0.29, 0.717) is 19.1 Å². The Morgan fingerprint density at radius 1 is 0.963 bits per heavy atom. The molecule has 0 bridgehead atoms. The van der Waals surface area contributed by atoms with Crippen LogP contribution in [0.15, 0.2) is 73.1 Å². The molecule has 4 rings (SSSR count). The number of nitrogens with zero attached hydrogens (tertiary/aromatic N) is 4. The third kappa shape index (κ3) is 4.00. The second-order valence-corrected chi connectivity index (χ2v) is 6.81. The summed E-state index contributed by atoms with van der Waals surface area (Å²) < 4.78 is 1.89. The van der Waals surface area contributed by atoms with Crippen molar-refractivity contribution in [2.45, 2.75) is 24.9 Å². The topological polar surface area (TPSA) is 63.1 Å². The zero-order valence-corrected chi connectivity index (χ0v) is 15.1. The second kappa shape index (κ2) is 8.03. The maximum atomic E-state index is 12.9. The first kappa shape index (κ1) is 17.3. The van der Waals surface area contributed by atoms with Crippen molar-refractivity contribution in [1.29, 1.82) is 0 Å². The molecule has 0 aliphatic carbocycles. The number of benzene rings is 2. The van der Waals surface area contributed by atoms with Crippen molar-refractivity contribution in [3.8, 4) is 0 Å². The molecule has 2 aromatic carbocycles. The molecule has 1 aliphatic rings. The zero-order valence-electron chi connectivity index (χ0n) is 15.1. The van der Waals surface area contributed by atoms with Crippen LogP contribution in [0, 0.1) is 0 Å². The molecule has 2 heterocycles. The lowest BCUT2D eigenvalue weighted by Crippen LogP contribution is -2.46. The van der Waals surface area contributed by atoms with Gasteiger partial charge < -0.3 is 10.2 Å². The largest absolute Gasteiger partial charge is 0.327 e. The van der Waals surface area contributed by atoms with E-state index in [9.17, 15) is 4.79 Å². The number of urea groups is 1. The van der Waals surface area contributed by atoms with Gasteiger partial charge in [0.25, 0.3) is 0 Å². The highest BCUT2D eigenvalue weighted by Crippen LogP contribution is 2.24. The van der Waals surface area contributed by atoms with Crippen LogP contribution in [0.25, 0.3) is 0 Å². The predicted molar refractivity (Wildman–Crippen MR) is 103 cm³/mol. The van der Waals surface area contributed by atoms with E-state index >= 15 is 0 Å². The first-order chi connectivity index (χ1) is 13.3. The molecule has 1 aliphatic heterocycles. The Bertz CT molecular complexity index is 803. The maximum absolute atomic E-state index is 12.9. The van der Waals surface area contributed by atoms with Gasteiger partial charge in [0.2, 0.25) is 0 Å². The van der Waals surface area contributed by atoms with Gasteiger partial charge in [-0.05, 0) is 24.0 Å². The van der Waals surface area contributed by atoms with Crippen molar-refractivity contribution in [3.63, 3.8) is 0 Å². The van der Waals surface area contributed by atoms with E-state index in [2.05, 4.69) is 39.9 Å². The SMILES string of the molecule is O=C(NC(c1ccccc1)c1ccccc1)N1CCC(n2ccnn2)CC1. The maximum Gasteiger partial charge on any atom is 0.318 e. The molecule has 0 unspecified atom stereocenters. The molecule has 138 valence electrons. The van der Waals surface area contributed by atoms with Gasteiger partial charge in [0.15, 0.2) is 0 Å². The van der Waals surface area contributed by atoms with Crippen LogP contribution in [0.2, 0.25) is 0 Å². The van der Waals surface area contributed by atoms with Gasteiger partial charge >= 0.3 is 6.03 Å². The normalized spacial score (nSPS) is 15.1. The summed E-state index contributed by atoms with van der Waals surface area (Å²) in [4.78, 5) is 14.8. The lowest BCUT2D eigenvalue weighted by Gasteiger charge is -2.33.